The summed E-state index contributed by atoms with van der Waals surface area (Å²) >= 11 is 0. The van der Waals surface area contributed by atoms with Crippen molar-refractivity contribution in [2.75, 3.05) is 11.9 Å². The molecule has 1 aliphatic carbocycles. The predicted molar refractivity (Wildman–Crippen MR) is 77.7 cm³/mol. The molecule has 1 heterocycles. The Morgan fingerprint density at radius 2 is 1.89 bits per heavy atom. The van der Waals surface area contributed by atoms with E-state index in [1.54, 1.807) is 0 Å². The second-order valence-corrected chi connectivity index (χ2v) is 6.11. The Kier molecular flexibility index (Phi) is 2.41. The third kappa shape index (κ3) is 1.40. The zero-order valence-corrected chi connectivity index (χ0v) is 11.6. The topological polar surface area (TPSA) is 3.24 Å². The maximum Gasteiger partial charge on any atom is 0.0444 e. The molecule has 1 aliphatic heterocycles. The molecule has 0 spiro atoms. The van der Waals surface area contributed by atoms with Crippen LogP contribution in [0.4, 0.5) is 5.69 Å². The molecule has 0 N–H and O–H groups in total. The fourth-order valence-electron chi connectivity index (χ4n) is 3.78. The Bertz CT molecular complexity index is 536. The van der Waals surface area contributed by atoms with Crippen molar-refractivity contribution in [1.82, 2.24) is 0 Å². The Hall–Kier alpha value is -1.50. The van der Waals surface area contributed by atoms with E-state index in [4.69, 9.17) is 0 Å². The molecule has 3 rings (SSSR count). The summed E-state index contributed by atoms with van der Waals surface area (Å²) in [5.74, 6) is 1.17. The lowest BCUT2D eigenvalue weighted by atomic mass is 9.63. The summed E-state index contributed by atoms with van der Waals surface area (Å²) in [6, 6.07) is 8.81. The average molecular weight is 239 g/mol. The van der Waals surface area contributed by atoms with Gasteiger partial charge in [0, 0.05) is 29.8 Å². The van der Waals surface area contributed by atoms with E-state index in [2.05, 4.69) is 75.2 Å². The second-order valence-electron chi connectivity index (χ2n) is 6.11. The molecule has 2 atom stereocenters. The third-order valence-electron chi connectivity index (χ3n) is 4.65. The SMILES string of the molecule is CC1C=CC=C2C1C(C)(C)c1ccccc1N2C. The summed E-state index contributed by atoms with van der Waals surface area (Å²) in [6.07, 6.45) is 6.82. The van der Waals surface area contributed by atoms with Gasteiger partial charge in [-0.3, -0.25) is 0 Å². The molecule has 2 aliphatic rings. The zero-order chi connectivity index (χ0) is 12.9. The maximum atomic E-state index is 2.38. The highest BCUT2D eigenvalue weighted by Gasteiger charge is 2.44. The largest absolute Gasteiger partial charge is 0.348 e. The number of allylic oxidation sites excluding steroid dienone is 4. The van der Waals surface area contributed by atoms with Crippen LogP contribution in [-0.4, -0.2) is 7.05 Å². The number of para-hydroxylation sites is 1. The predicted octanol–water partition coefficient (Wildman–Crippen LogP) is 4.12. The lowest BCUT2D eigenvalue weighted by Crippen LogP contribution is -2.45. The van der Waals surface area contributed by atoms with E-state index < -0.39 is 0 Å². The molecule has 0 fully saturated rings. The fraction of sp³-hybridized carbons (Fsp3) is 0.412. The van der Waals surface area contributed by atoms with Gasteiger partial charge in [0.1, 0.15) is 0 Å². The molecule has 0 bridgehead atoms. The maximum absolute atomic E-state index is 2.38. The standard InChI is InChI=1S/C17H21N/c1-12-8-7-11-15-16(12)17(2,3)13-9-5-6-10-14(13)18(15)4/h5-12,16H,1-4H3. The molecular formula is C17H21N. The van der Waals surface area contributed by atoms with Crippen molar-refractivity contribution >= 4 is 5.69 Å². The molecule has 94 valence electrons. The van der Waals surface area contributed by atoms with Crippen LogP contribution in [0.5, 0.6) is 0 Å². The summed E-state index contributed by atoms with van der Waals surface area (Å²) in [7, 11) is 2.19. The van der Waals surface area contributed by atoms with Crippen molar-refractivity contribution in [2.45, 2.75) is 26.2 Å². The molecule has 0 aromatic heterocycles. The Morgan fingerprint density at radius 1 is 1.17 bits per heavy atom. The van der Waals surface area contributed by atoms with Crippen molar-refractivity contribution in [3.8, 4) is 0 Å². The average Bonchev–Trinajstić information content (AvgIpc) is 2.36. The quantitative estimate of drug-likeness (QED) is 0.658. The first kappa shape index (κ1) is 11.6. The van der Waals surface area contributed by atoms with Gasteiger partial charge >= 0.3 is 0 Å². The van der Waals surface area contributed by atoms with Crippen LogP contribution in [0.25, 0.3) is 0 Å². The summed E-state index contributed by atoms with van der Waals surface area (Å²) in [6.45, 7) is 7.09. The molecule has 1 nitrogen and oxygen atoms in total. The highest BCUT2D eigenvalue weighted by molar-refractivity contribution is 5.65. The van der Waals surface area contributed by atoms with Crippen LogP contribution in [0.15, 0.2) is 48.2 Å². The number of hydrogen-bond donors (Lipinski definition) is 0. The van der Waals surface area contributed by atoms with Crippen LogP contribution in [0.2, 0.25) is 0 Å². The van der Waals surface area contributed by atoms with Gasteiger partial charge in [-0.25, -0.2) is 0 Å². The van der Waals surface area contributed by atoms with Gasteiger partial charge in [0.05, 0.1) is 0 Å². The van der Waals surface area contributed by atoms with E-state index in [1.165, 1.54) is 16.9 Å². The molecular weight excluding hydrogens is 218 g/mol. The van der Waals surface area contributed by atoms with Crippen LogP contribution in [-0.2, 0) is 5.41 Å². The van der Waals surface area contributed by atoms with Gasteiger partial charge in [0.15, 0.2) is 0 Å². The minimum atomic E-state index is 0.194. The highest BCUT2D eigenvalue weighted by atomic mass is 15.1. The Labute approximate surface area is 110 Å². The Balaban J connectivity index is 2.25. The minimum absolute atomic E-state index is 0.194. The van der Waals surface area contributed by atoms with Crippen molar-refractivity contribution < 1.29 is 0 Å². The van der Waals surface area contributed by atoms with Crippen molar-refractivity contribution in [2.24, 2.45) is 11.8 Å². The lowest BCUT2D eigenvalue weighted by molar-refractivity contribution is 0.286. The van der Waals surface area contributed by atoms with Gasteiger partial charge in [-0.2, -0.15) is 0 Å². The van der Waals surface area contributed by atoms with Gasteiger partial charge in [-0.1, -0.05) is 51.1 Å². The van der Waals surface area contributed by atoms with Gasteiger partial charge in [-0.15, -0.1) is 0 Å². The van der Waals surface area contributed by atoms with Crippen molar-refractivity contribution in [1.29, 1.82) is 0 Å². The second kappa shape index (κ2) is 3.74. The van der Waals surface area contributed by atoms with Crippen LogP contribution in [0, 0.1) is 11.8 Å². The van der Waals surface area contributed by atoms with Gasteiger partial charge < -0.3 is 4.90 Å². The lowest BCUT2D eigenvalue weighted by Gasteiger charge is -2.49. The number of nitrogens with zero attached hydrogens (tertiary/aromatic N) is 1. The minimum Gasteiger partial charge on any atom is -0.348 e. The number of anilines is 1. The molecule has 0 amide bonds. The first-order valence-electron chi connectivity index (χ1n) is 6.75. The van der Waals surface area contributed by atoms with Crippen molar-refractivity contribution in [3.05, 3.63) is 53.8 Å². The molecule has 0 saturated heterocycles. The third-order valence-corrected chi connectivity index (χ3v) is 4.65. The van der Waals surface area contributed by atoms with Crippen LogP contribution in [0.3, 0.4) is 0 Å². The van der Waals surface area contributed by atoms with Gasteiger partial charge in [0.25, 0.3) is 0 Å². The van der Waals surface area contributed by atoms with Crippen molar-refractivity contribution in [3.63, 3.8) is 0 Å². The molecule has 1 heteroatoms. The molecule has 2 unspecified atom stereocenters. The number of fused-ring (bicyclic) bond motifs is 2. The molecule has 0 radical (unpaired) electrons. The molecule has 0 saturated carbocycles. The van der Waals surface area contributed by atoms with Crippen LogP contribution >= 0.6 is 0 Å². The van der Waals surface area contributed by atoms with E-state index >= 15 is 0 Å². The van der Waals surface area contributed by atoms with Gasteiger partial charge in [0.2, 0.25) is 0 Å². The van der Waals surface area contributed by atoms with E-state index in [0.717, 1.165) is 0 Å². The monoisotopic (exact) mass is 239 g/mol. The molecule has 1 aromatic rings. The number of benzene rings is 1. The van der Waals surface area contributed by atoms with E-state index in [-0.39, 0.29) is 5.41 Å². The highest BCUT2D eigenvalue weighted by Crippen LogP contribution is 2.51. The smallest absolute Gasteiger partial charge is 0.0444 e. The summed E-state index contributed by atoms with van der Waals surface area (Å²) in [4.78, 5) is 2.37. The summed E-state index contributed by atoms with van der Waals surface area (Å²) in [5.41, 5.74) is 4.47. The van der Waals surface area contributed by atoms with Gasteiger partial charge in [-0.05, 0) is 23.6 Å². The first-order valence-corrected chi connectivity index (χ1v) is 6.75. The van der Waals surface area contributed by atoms with E-state index in [0.29, 0.717) is 11.8 Å². The summed E-state index contributed by atoms with van der Waals surface area (Å²) in [5, 5.41) is 0. The fourth-order valence-corrected chi connectivity index (χ4v) is 3.78. The summed E-state index contributed by atoms with van der Waals surface area (Å²) < 4.78 is 0. The van der Waals surface area contributed by atoms with E-state index in [1.807, 2.05) is 0 Å². The Morgan fingerprint density at radius 3 is 2.67 bits per heavy atom. The zero-order valence-electron chi connectivity index (χ0n) is 11.6. The number of rotatable bonds is 0. The normalized spacial score (nSPS) is 28.4. The molecule has 1 aromatic carbocycles. The van der Waals surface area contributed by atoms with Crippen LogP contribution < -0.4 is 4.90 Å². The number of hydrogen-bond acceptors (Lipinski definition) is 1. The first-order chi connectivity index (χ1) is 8.53. The molecule has 18 heavy (non-hydrogen) atoms. The van der Waals surface area contributed by atoms with Crippen LogP contribution in [0.1, 0.15) is 26.3 Å². The van der Waals surface area contributed by atoms with E-state index in [9.17, 15) is 0 Å².